The molecule has 0 radical (unpaired) electrons. The number of halogens is 3. The largest absolute Gasteiger partial charge is 0.503 e. The van der Waals surface area contributed by atoms with Crippen LogP contribution in [0.5, 0.6) is 5.75 Å². The van der Waals surface area contributed by atoms with Crippen molar-refractivity contribution in [3.05, 3.63) is 62.0 Å². The van der Waals surface area contributed by atoms with Gasteiger partial charge in [-0.3, -0.25) is 14.4 Å². The molecular formula is C24H26ClF2N3O5. The highest BCUT2D eigenvalue weighted by molar-refractivity contribution is 6.30. The molecule has 2 aliphatic heterocycles. The van der Waals surface area contributed by atoms with Gasteiger partial charge in [-0.2, -0.15) is 0 Å². The standard InChI is InChI=1S/C24H26ClF2N3O5/c1-12-4-3-8-29-13(2)17(7-9-35-12)30-11-15(21(31)22(32)20(30)24(29)34)23(33)28-10-14-5-6-16(26)18(25)19(14)27/h5-6,11-13,17,32H,3-4,7-10H2,1-2H3,(H,28,33)/t12?,13?,17-/m0/s1. The molecule has 2 aliphatic rings. The molecule has 3 heterocycles. The Morgan fingerprint density at radius 2 is 2.00 bits per heavy atom. The van der Waals surface area contributed by atoms with Crippen LogP contribution in [-0.4, -0.2) is 51.7 Å². The van der Waals surface area contributed by atoms with Crippen molar-refractivity contribution < 1.29 is 28.2 Å². The lowest BCUT2D eigenvalue weighted by Crippen LogP contribution is -2.51. The summed E-state index contributed by atoms with van der Waals surface area (Å²) in [5.41, 5.74) is -1.66. The number of hydrogen-bond acceptors (Lipinski definition) is 5. The SMILES string of the molecule is CC1CCCN2C(=O)c3c(O)c(=O)c(C(=O)NCc4ccc(F)c(Cl)c4F)cn3[C@@H](CCO1)C2C. The lowest BCUT2D eigenvalue weighted by Gasteiger charge is -2.43. The zero-order chi connectivity index (χ0) is 25.4. The van der Waals surface area contributed by atoms with Gasteiger partial charge in [0, 0.05) is 31.5 Å². The summed E-state index contributed by atoms with van der Waals surface area (Å²) in [5, 5.41) is 12.4. The van der Waals surface area contributed by atoms with Gasteiger partial charge in [-0.25, -0.2) is 8.78 Å². The van der Waals surface area contributed by atoms with Crippen molar-refractivity contribution in [2.24, 2.45) is 0 Å². The summed E-state index contributed by atoms with van der Waals surface area (Å²) in [6, 6.07) is 1.48. The van der Waals surface area contributed by atoms with Crippen LogP contribution in [0.4, 0.5) is 8.78 Å². The van der Waals surface area contributed by atoms with Crippen LogP contribution in [0.2, 0.25) is 5.02 Å². The van der Waals surface area contributed by atoms with Gasteiger partial charge in [0.05, 0.1) is 18.2 Å². The van der Waals surface area contributed by atoms with E-state index in [1.165, 1.54) is 10.8 Å². The summed E-state index contributed by atoms with van der Waals surface area (Å²) in [4.78, 5) is 40.6. The van der Waals surface area contributed by atoms with E-state index in [1.807, 2.05) is 13.8 Å². The van der Waals surface area contributed by atoms with E-state index in [9.17, 15) is 28.3 Å². The fourth-order valence-electron chi connectivity index (χ4n) is 4.70. The molecular weight excluding hydrogens is 484 g/mol. The van der Waals surface area contributed by atoms with Gasteiger partial charge in [-0.15, -0.1) is 0 Å². The van der Waals surface area contributed by atoms with Gasteiger partial charge in [0.25, 0.3) is 11.8 Å². The van der Waals surface area contributed by atoms with Gasteiger partial charge < -0.3 is 24.6 Å². The Hall–Kier alpha value is -2.98. The van der Waals surface area contributed by atoms with Crippen molar-refractivity contribution in [1.29, 1.82) is 0 Å². The third kappa shape index (κ3) is 4.64. The van der Waals surface area contributed by atoms with Crippen LogP contribution in [0.1, 0.15) is 65.6 Å². The highest BCUT2D eigenvalue weighted by Crippen LogP contribution is 2.34. The van der Waals surface area contributed by atoms with Crippen LogP contribution >= 0.6 is 11.6 Å². The third-order valence-electron chi connectivity index (χ3n) is 6.70. The Morgan fingerprint density at radius 3 is 2.74 bits per heavy atom. The van der Waals surface area contributed by atoms with Gasteiger partial charge in [0.1, 0.15) is 22.2 Å². The van der Waals surface area contributed by atoms with Crippen LogP contribution in [-0.2, 0) is 11.3 Å². The second-order valence-electron chi connectivity index (χ2n) is 8.91. The van der Waals surface area contributed by atoms with Crippen LogP contribution in [0.15, 0.2) is 23.1 Å². The number of aromatic hydroxyl groups is 1. The number of aromatic nitrogens is 1. The number of amides is 2. The predicted molar refractivity (Wildman–Crippen MR) is 124 cm³/mol. The van der Waals surface area contributed by atoms with E-state index in [0.29, 0.717) is 26.0 Å². The second kappa shape index (κ2) is 9.94. The molecule has 2 aromatic rings. The summed E-state index contributed by atoms with van der Waals surface area (Å²) in [6.45, 7) is 4.33. The number of pyridine rings is 1. The van der Waals surface area contributed by atoms with Crippen LogP contribution < -0.4 is 10.7 Å². The molecule has 3 atom stereocenters. The smallest absolute Gasteiger partial charge is 0.274 e. The maximum atomic E-state index is 14.2. The average molecular weight is 510 g/mol. The van der Waals surface area contributed by atoms with Crippen molar-refractivity contribution in [1.82, 2.24) is 14.8 Å². The molecule has 2 N–H and O–H groups in total. The number of benzene rings is 1. The molecule has 35 heavy (non-hydrogen) atoms. The molecule has 11 heteroatoms. The minimum atomic E-state index is -1.02. The molecule has 1 fully saturated rings. The fourth-order valence-corrected chi connectivity index (χ4v) is 4.88. The van der Waals surface area contributed by atoms with Crippen molar-refractivity contribution in [3.63, 3.8) is 0 Å². The highest BCUT2D eigenvalue weighted by atomic mass is 35.5. The lowest BCUT2D eigenvalue weighted by atomic mass is 9.97. The molecule has 188 valence electrons. The zero-order valence-corrected chi connectivity index (χ0v) is 20.1. The summed E-state index contributed by atoms with van der Waals surface area (Å²) < 4.78 is 34.9. The van der Waals surface area contributed by atoms with Gasteiger partial charge in [-0.05, 0) is 39.2 Å². The summed E-state index contributed by atoms with van der Waals surface area (Å²) in [5.74, 6) is -4.13. The molecule has 2 unspecified atom stereocenters. The maximum absolute atomic E-state index is 14.2. The first kappa shape index (κ1) is 25.1. The minimum absolute atomic E-state index is 0.0315. The van der Waals surface area contributed by atoms with Gasteiger partial charge in [0.2, 0.25) is 5.43 Å². The molecule has 0 aliphatic carbocycles. The molecule has 2 bridgehead atoms. The minimum Gasteiger partial charge on any atom is -0.503 e. The normalized spacial score (nSPS) is 22.5. The molecule has 8 nitrogen and oxygen atoms in total. The van der Waals surface area contributed by atoms with E-state index in [1.54, 1.807) is 4.90 Å². The number of carbonyl (C=O) groups excluding carboxylic acids is 2. The Morgan fingerprint density at radius 1 is 1.26 bits per heavy atom. The van der Waals surface area contributed by atoms with E-state index in [0.717, 1.165) is 18.6 Å². The van der Waals surface area contributed by atoms with E-state index >= 15 is 0 Å². The highest BCUT2D eigenvalue weighted by Gasteiger charge is 2.40. The molecule has 0 spiro atoms. The number of carbonyl (C=O) groups is 2. The Kier molecular flexibility index (Phi) is 7.14. The molecule has 1 saturated heterocycles. The Balaban J connectivity index is 1.68. The van der Waals surface area contributed by atoms with Gasteiger partial charge in [0.15, 0.2) is 11.4 Å². The number of ether oxygens (including phenoxy) is 1. The van der Waals surface area contributed by atoms with Crippen molar-refractivity contribution in [3.8, 4) is 5.75 Å². The number of rotatable bonds is 3. The third-order valence-corrected chi connectivity index (χ3v) is 7.05. The average Bonchev–Trinajstić information content (AvgIpc) is 2.82. The van der Waals surface area contributed by atoms with Crippen LogP contribution in [0, 0.1) is 11.6 Å². The molecule has 4 rings (SSSR count). The Labute approximate surface area is 205 Å². The van der Waals surface area contributed by atoms with Crippen LogP contribution in [0.3, 0.4) is 0 Å². The fraction of sp³-hybridized carbons (Fsp3) is 0.458. The first-order valence-electron chi connectivity index (χ1n) is 11.4. The Bertz CT molecular complexity index is 1230. The first-order valence-corrected chi connectivity index (χ1v) is 11.8. The monoisotopic (exact) mass is 509 g/mol. The van der Waals surface area contributed by atoms with E-state index in [-0.39, 0.29) is 36.0 Å². The summed E-state index contributed by atoms with van der Waals surface area (Å²) in [6.07, 6.45) is 3.26. The number of hydrogen-bond donors (Lipinski definition) is 2. The maximum Gasteiger partial charge on any atom is 0.274 e. The first-order chi connectivity index (χ1) is 16.6. The molecule has 2 amide bonds. The molecule has 0 saturated carbocycles. The quantitative estimate of drug-likeness (QED) is 0.618. The van der Waals surface area contributed by atoms with Crippen molar-refractivity contribution in [2.75, 3.05) is 13.2 Å². The number of nitrogens with zero attached hydrogens (tertiary/aromatic N) is 2. The van der Waals surface area contributed by atoms with Crippen LogP contribution in [0.25, 0.3) is 0 Å². The number of nitrogens with one attached hydrogen (secondary N) is 1. The second-order valence-corrected chi connectivity index (χ2v) is 9.29. The zero-order valence-electron chi connectivity index (χ0n) is 19.3. The topological polar surface area (TPSA) is 101 Å². The molecule has 1 aromatic carbocycles. The summed E-state index contributed by atoms with van der Waals surface area (Å²) >= 11 is 5.58. The van der Waals surface area contributed by atoms with E-state index in [4.69, 9.17) is 16.3 Å². The van der Waals surface area contributed by atoms with Gasteiger partial charge >= 0.3 is 0 Å². The predicted octanol–water partition coefficient (Wildman–Crippen LogP) is 3.39. The lowest BCUT2D eigenvalue weighted by molar-refractivity contribution is 0.0174. The van der Waals surface area contributed by atoms with Gasteiger partial charge in [-0.1, -0.05) is 17.7 Å². The van der Waals surface area contributed by atoms with Crippen molar-refractivity contribution >= 4 is 23.4 Å². The van der Waals surface area contributed by atoms with Crippen molar-refractivity contribution in [2.45, 2.75) is 57.8 Å². The van der Waals surface area contributed by atoms with E-state index in [2.05, 4.69) is 5.32 Å². The molecule has 1 aromatic heterocycles. The van der Waals surface area contributed by atoms with E-state index < -0.39 is 45.2 Å². The number of fused-ring (bicyclic) bond motifs is 4. The summed E-state index contributed by atoms with van der Waals surface area (Å²) in [7, 11) is 0.